The molecule has 3 rings (SSSR count). The van der Waals surface area contributed by atoms with E-state index in [-0.39, 0.29) is 17.9 Å². The van der Waals surface area contributed by atoms with Crippen LogP contribution in [0.1, 0.15) is 22.8 Å². The summed E-state index contributed by atoms with van der Waals surface area (Å²) in [4.78, 5) is 25.3. The molecular weight excluding hydrogens is 364 g/mol. The third-order valence-electron chi connectivity index (χ3n) is 4.39. The molecule has 1 heterocycles. The van der Waals surface area contributed by atoms with Crippen LogP contribution in [0.4, 0.5) is 11.4 Å². The zero-order valence-electron chi connectivity index (χ0n) is 15.6. The Bertz CT molecular complexity index is 848. The van der Waals surface area contributed by atoms with Crippen LogP contribution in [-0.2, 0) is 16.1 Å². The minimum absolute atomic E-state index is 0.0218. The maximum atomic E-state index is 12.4. The third kappa shape index (κ3) is 4.58. The Morgan fingerprint density at radius 2 is 1.96 bits per heavy atom. The van der Waals surface area contributed by atoms with Gasteiger partial charge in [-0.05, 0) is 25.1 Å². The molecule has 148 valence electrons. The van der Waals surface area contributed by atoms with Crippen LogP contribution in [0.2, 0.25) is 0 Å². The lowest BCUT2D eigenvalue weighted by Gasteiger charge is -2.28. The maximum absolute atomic E-state index is 12.4. The smallest absolute Gasteiger partial charge is 0.338 e. The highest BCUT2D eigenvalue weighted by Gasteiger charge is 2.24. The van der Waals surface area contributed by atoms with Gasteiger partial charge < -0.3 is 19.1 Å². The number of esters is 1. The summed E-state index contributed by atoms with van der Waals surface area (Å²) in [6.45, 7) is 4.56. The number of hydrogen-bond acceptors (Lipinski definition) is 7. The molecule has 28 heavy (non-hydrogen) atoms. The monoisotopic (exact) mass is 386 g/mol. The normalized spacial score (nSPS) is 13.8. The predicted octanol–water partition coefficient (Wildman–Crippen LogP) is 3.19. The number of rotatable bonds is 7. The second kappa shape index (κ2) is 9.18. The van der Waals surface area contributed by atoms with Crippen molar-refractivity contribution in [3.8, 4) is 5.75 Å². The van der Waals surface area contributed by atoms with Crippen LogP contribution in [0.5, 0.6) is 5.75 Å². The molecule has 0 atom stereocenters. The first-order valence-corrected chi connectivity index (χ1v) is 9.09. The number of benzene rings is 2. The molecular formula is C20H22N2O6. The van der Waals surface area contributed by atoms with Crippen LogP contribution in [0, 0.1) is 10.1 Å². The molecule has 1 aliphatic rings. The summed E-state index contributed by atoms with van der Waals surface area (Å²) in [5, 5.41) is 11.5. The second-order valence-corrected chi connectivity index (χ2v) is 6.18. The fourth-order valence-corrected chi connectivity index (χ4v) is 3.01. The number of carbonyl (C=O) groups is 1. The third-order valence-corrected chi connectivity index (χ3v) is 4.39. The Morgan fingerprint density at radius 1 is 1.21 bits per heavy atom. The minimum atomic E-state index is -0.622. The first-order chi connectivity index (χ1) is 13.6. The average Bonchev–Trinajstić information content (AvgIpc) is 2.73. The Kier molecular flexibility index (Phi) is 6.44. The minimum Gasteiger partial charge on any atom is -0.493 e. The van der Waals surface area contributed by atoms with E-state index in [1.165, 1.54) is 6.07 Å². The molecule has 0 radical (unpaired) electrons. The van der Waals surface area contributed by atoms with Crippen molar-refractivity contribution in [2.75, 3.05) is 37.8 Å². The van der Waals surface area contributed by atoms with E-state index in [4.69, 9.17) is 14.2 Å². The molecule has 0 saturated carbocycles. The number of nitro groups is 1. The number of carbonyl (C=O) groups excluding carboxylic acids is 1. The van der Waals surface area contributed by atoms with Crippen LogP contribution in [0.15, 0.2) is 42.5 Å². The topological polar surface area (TPSA) is 91.1 Å². The number of hydrogen-bond donors (Lipinski definition) is 0. The summed E-state index contributed by atoms with van der Waals surface area (Å²) in [5.74, 6) is 0.0226. The standard InChI is InChI=1S/C20H22N2O6/c1-2-27-19-6-4-3-5-16(19)14-28-20(23)15-7-8-17(18(13-15)22(24)25)21-9-11-26-12-10-21/h3-8,13H,2,9-12,14H2,1H3. The van der Waals surface area contributed by atoms with Gasteiger partial charge in [-0.1, -0.05) is 18.2 Å². The number of nitrogens with zero attached hydrogens (tertiary/aromatic N) is 2. The molecule has 0 amide bonds. The molecule has 0 bridgehead atoms. The van der Waals surface area contributed by atoms with Crippen molar-refractivity contribution in [2.24, 2.45) is 0 Å². The average molecular weight is 386 g/mol. The van der Waals surface area contributed by atoms with E-state index in [1.807, 2.05) is 30.0 Å². The molecule has 8 heteroatoms. The SMILES string of the molecule is CCOc1ccccc1COC(=O)c1ccc(N2CCOCC2)c([N+](=O)[O-])c1. The second-order valence-electron chi connectivity index (χ2n) is 6.18. The van der Waals surface area contributed by atoms with E-state index >= 15 is 0 Å². The summed E-state index contributed by atoms with van der Waals surface area (Å²) < 4.78 is 16.1. The molecule has 1 aliphatic heterocycles. The molecule has 1 fully saturated rings. The summed E-state index contributed by atoms with van der Waals surface area (Å²) >= 11 is 0. The van der Waals surface area contributed by atoms with Gasteiger partial charge in [0, 0.05) is 24.7 Å². The van der Waals surface area contributed by atoms with Crippen LogP contribution >= 0.6 is 0 Å². The summed E-state index contributed by atoms with van der Waals surface area (Å²) in [6.07, 6.45) is 0. The van der Waals surface area contributed by atoms with E-state index in [2.05, 4.69) is 0 Å². The van der Waals surface area contributed by atoms with Crippen LogP contribution in [0.25, 0.3) is 0 Å². The first kappa shape index (κ1) is 19.6. The van der Waals surface area contributed by atoms with Gasteiger partial charge >= 0.3 is 5.97 Å². The molecule has 2 aromatic rings. The van der Waals surface area contributed by atoms with E-state index in [9.17, 15) is 14.9 Å². The highest BCUT2D eigenvalue weighted by molar-refractivity contribution is 5.91. The lowest BCUT2D eigenvalue weighted by molar-refractivity contribution is -0.384. The molecule has 0 unspecified atom stereocenters. The van der Waals surface area contributed by atoms with Crippen molar-refractivity contribution >= 4 is 17.3 Å². The summed E-state index contributed by atoms with van der Waals surface area (Å²) in [6, 6.07) is 11.7. The van der Waals surface area contributed by atoms with Gasteiger partial charge in [0.1, 0.15) is 18.0 Å². The van der Waals surface area contributed by atoms with Crippen LogP contribution in [-0.4, -0.2) is 43.8 Å². The lowest BCUT2D eigenvalue weighted by atomic mass is 10.1. The van der Waals surface area contributed by atoms with Crippen molar-refractivity contribution in [1.82, 2.24) is 0 Å². The van der Waals surface area contributed by atoms with Gasteiger partial charge in [0.2, 0.25) is 0 Å². The van der Waals surface area contributed by atoms with E-state index in [0.717, 1.165) is 5.56 Å². The quantitative estimate of drug-likeness (QED) is 0.410. The number of morpholine rings is 1. The molecule has 8 nitrogen and oxygen atoms in total. The Morgan fingerprint density at radius 3 is 2.68 bits per heavy atom. The Balaban J connectivity index is 1.75. The fraction of sp³-hybridized carbons (Fsp3) is 0.350. The first-order valence-electron chi connectivity index (χ1n) is 9.09. The number of anilines is 1. The van der Waals surface area contributed by atoms with Crippen LogP contribution < -0.4 is 9.64 Å². The summed E-state index contributed by atoms with van der Waals surface area (Å²) in [5.41, 5.74) is 1.23. The van der Waals surface area contributed by atoms with Gasteiger partial charge in [-0.2, -0.15) is 0 Å². The van der Waals surface area contributed by atoms with Crippen molar-refractivity contribution in [3.05, 3.63) is 63.7 Å². The largest absolute Gasteiger partial charge is 0.493 e. The van der Waals surface area contributed by atoms with Gasteiger partial charge in [0.15, 0.2) is 0 Å². The van der Waals surface area contributed by atoms with Crippen molar-refractivity contribution in [2.45, 2.75) is 13.5 Å². The number of ether oxygens (including phenoxy) is 3. The highest BCUT2D eigenvalue weighted by atomic mass is 16.6. The number of nitro benzene ring substituents is 1. The fourth-order valence-electron chi connectivity index (χ4n) is 3.01. The van der Waals surface area contributed by atoms with Crippen molar-refractivity contribution in [3.63, 3.8) is 0 Å². The summed E-state index contributed by atoms with van der Waals surface area (Å²) in [7, 11) is 0. The zero-order chi connectivity index (χ0) is 19.9. The van der Waals surface area contributed by atoms with E-state index in [0.29, 0.717) is 44.3 Å². The van der Waals surface area contributed by atoms with E-state index in [1.54, 1.807) is 18.2 Å². The van der Waals surface area contributed by atoms with Crippen molar-refractivity contribution < 1.29 is 23.9 Å². The molecule has 0 N–H and O–H groups in total. The molecule has 0 aromatic heterocycles. The molecule has 2 aromatic carbocycles. The van der Waals surface area contributed by atoms with Gasteiger partial charge in [-0.3, -0.25) is 10.1 Å². The Labute approximate surface area is 162 Å². The lowest BCUT2D eigenvalue weighted by Crippen LogP contribution is -2.36. The highest BCUT2D eigenvalue weighted by Crippen LogP contribution is 2.30. The predicted molar refractivity (Wildman–Crippen MR) is 103 cm³/mol. The number of para-hydroxylation sites is 1. The van der Waals surface area contributed by atoms with Crippen LogP contribution in [0.3, 0.4) is 0 Å². The van der Waals surface area contributed by atoms with Gasteiger partial charge in [0.05, 0.1) is 30.3 Å². The van der Waals surface area contributed by atoms with E-state index < -0.39 is 10.9 Å². The van der Waals surface area contributed by atoms with Gasteiger partial charge in [-0.15, -0.1) is 0 Å². The van der Waals surface area contributed by atoms with Gasteiger partial charge in [-0.25, -0.2) is 4.79 Å². The van der Waals surface area contributed by atoms with Crippen molar-refractivity contribution in [1.29, 1.82) is 0 Å². The molecule has 1 saturated heterocycles. The zero-order valence-corrected chi connectivity index (χ0v) is 15.6. The molecule has 0 aliphatic carbocycles. The van der Waals surface area contributed by atoms with Gasteiger partial charge in [0.25, 0.3) is 5.69 Å². The molecule has 0 spiro atoms. The Hall–Kier alpha value is -3.13. The maximum Gasteiger partial charge on any atom is 0.338 e.